The first-order valence-corrected chi connectivity index (χ1v) is 12.4. The zero-order valence-electron chi connectivity index (χ0n) is 20.3. The van der Waals surface area contributed by atoms with E-state index in [1.54, 1.807) is 24.0 Å². The molecule has 0 unspecified atom stereocenters. The zero-order valence-corrected chi connectivity index (χ0v) is 20.3. The number of hydrogen-bond acceptors (Lipinski definition) is 7. The van der Waals surface area contributed by atoms with Crippen molar-refractivity contribution in [2.45, 2.75) is 50.5 Å². The minimum absolute atomic E-state index is 0.00763. The highest BCUT2D eigenvalue weighted by atomic mass is 16.5. The van der Waals surface area contributed by atoms with Gasteiger partial charge in [0.1, 0.15) is 5.76 Å². The maximum Gasteiger partial charge on any atom is 0.250 e. The molecule has 10 nitrogen and oxygen atoms in total. The van der Waals surface area contributed by atoms with Crippen molar-refractivity contribution >= 4 is 11.8 Å². The second-order valence-electron chi connectivity index (χ2n) is 10.2. The minimum atomic E-state index is -0.889. The maximum absolute atomic E-state index is 13.0. The molecule has 0 aliphatic carbocycles. The van der Waals surface area contributed by atoms with E-state index >= 15 is 0 Å². The van der Waals surface area contributed by atoms with Gasteiger partial charge in [-0.3, -0.25) is 19.2 Å². The van der Waals surface area contributed by atoms with Crippen LogP contribution in [0.5, 0.6) is 5.75 Å². The standard InChI is InChI=1S/C26H31N3O7/c1-16-9-20(30)24(34)25(36-16)26(5-7-35-8-6-26)11-21(31)27-12-23(33)28-13-17-10-18(15-28)19-3-2-4-22(32)29(19)14-17/h2-4,9,17-18,34H,5-8,10-15H2,1H3,(H,27,31)/t17-,18+/m1/s1. The first-order valence-electron chi connectivity index (χ1n) is 12.4. The fraction of sp³-hybridized carbons (Fsp3) is 0.538. The van der Waals surface area contributed by atoms with Crippen LogP contribution in [-0.2, 0) is 26.3 Å². The van der Waals surface area contributed by atoms with E-state index in [1.807, 2.05) is 10.6 Å². The van der Waals surface area contributed by atoms with Crippen molar-refractivity contribution in [3.05, 3.63) is 62.1 Å². The maximum atomic E-state index is 13.0. The largest absolute Gasteiger partial charge is 0.502 e. The van der Waals surface area contributed by atoms with E-state index in [4.69, 9.17) is 9.15 Å². The summed E-state index contributed by atoms with van der Waals surface area (Å²) in [5.74, 6) is -0.245. The molecule has 0 spiro atoms. The lowest BCUT2D eigenvalue weighted by Gasteiger charge is -2.42. The van der Waals surface area contributed by atoms with E-state index in [2.05, 4.69) is 5.32 Å². The molecule has 3 aliphatic heterocycles. The third kappa shape index (κ3) is 4.57. The molecule has 2 N–H and O–H groups in total. The van der Waals surface area contributed by atoms with Crippen LogP contribution in [-0.4, -0.2) is 59.2 Å². The number of nitrogens with zero attached hydrogens (tertiary/aromatic N) is 2. The van der Waals surface area contributed by atoms with E-state index in [0.29, 0.717) is 51.4 Å². The Bertz CT molecular complexity index is 1290. The van der Waals surface area contributed by atoms with Gasteiger partial charge in [-0.05, 0) is 38.2 Å². The minimum Gasteiger partial charge on any atom is -0.502 e. The lowest BCUT2D eigenvalue weighted by molar-refractivity contribution is -0.135. The molecule has 0 radical (unpaired) electrons. The van der Waals surface area contributed by atoms with Gasteiger partial charge in [0.2, 0.25) is 23.0 Å². The number of nitrogens with one attached hydrogen (secondary N) is 1. The third-order valence-electron chi connectivity index (χ3n) is 7.75. The monoisotopic (exact) mass is 497 g/mol. The van der Waals surface area contributed by atoms with Gasteiger partial charge in [0.25, 0.3) is 5.56 Å². The molecular weight excluding hydrogens is 466 g/mol. The summed E-state index contributed by atoms with van der Waals surface area (Å²) >= 11 is 0. The summed E-state index contributed by atoms with van der Waals surface area (Å²) in [6.45, 7) is 3.87. The Morgan fingerprint density at radius 1 is 1.17 bits per heavy atom. The third-order valence-corrected chi connectivity index (χ3v) is 7.75. The molecule has 2 bridgehead atoms. The number of aromatic nitrogens is 1. The number of rotatable bonds is 5. The number of carbonyl (C=O) groups is 2. The molecule has 2 amide bonds. The van der Waals surface area contributed by atoms with Crippen LogP contribution < -0.4 is 16.3 Å². The van der Waals surface area contributed by atoms with E-state index in [9.17, 15) is 24.3 Å². The highest BCUT2D eigenvalue weighted by Gasteiger charge is 2.42. The van der Waals surface area contributed by atoms with Crippen molar-refractivity contribution in [2.24, 2.45) is 5.92 Å². The Balaban J connectivity index is 1.25. The molecular formula is C26H31N3O7. The fourth-order valence-corrected chi connectivity index (χ4v) is 5.97. The van der Waals surface area contributed by atoms with Crippen LogP contribution in [0.15, 0.2) is 38.3 Å². The Morgan fingerprint density at radius 3 is 2.72 bits per heavy atom. The Hall–Kier alpha value is -3.40. The number of fused-ring (bicyclic) bond motifs is 4. The topological polar surface area (TPSA) is 131 Å². The van der Waals surface area contributed by atoms with Gasteiger partial charge in [-0.2, -0.15) is 0 Å². The molecule has 2 atom stereocenters. The first kappa shape index (κ1) is 24.3. The predicted octanol–water partition coefficient (Wildman–Crippen LogP) is 1.02. The second kappa shape index (κ2) is 9.57. The smallest absolute Gasteiger partial charge is 0.250 e. The molecule has 192 valence electrons. The van der Waals surface area contributed by atoms with Crippen LogP contribution in [0.2, 0.25) is 0 Å². The van der Waals surface area contributed by atoms with Crippen molar-refractivity contribution in [3.63, 3.8) is 0 Å². The van der Waals surface area contributed by atoms with E-state index in [1.165, 1.54) is 6.07 Å². The van der Waals surface area contributed by atoms with Crippen molar-refractivity contribution in [3.8, 4) is 5.75 Å². The summed E-state index contributed by atoms with van der Waals surface area (Å²) in [4.78, 5) is 52.2. The number of amides is 2. The van der Waals surface area contributed by atoms with Crippen molar-refractivity contribution in [1.82, 2.24) is 14.8 Å². The number of aromatic hydroxyl groups is 1. The van der Waals surface area contributed by atoms with Gasteiger partial charge >= 0.3 is 0 Å². The first-order chi connectivity index (χ1) is 17.3. The number of likely N-dealkylation sites (tertiary alicyclic amines) is 1. The number of hydrogen-bond donors (Lipinski definition) is 2. The normalized spacial score (nSPS) is 22.5. The van der Waals surface area contributed by atoms with E-state index in [0.717, 1.165) is 12.1 Å². The summed E-state index contributed by atoms with van der Waals surface area (Å²) in [7, 11) is 0. The lowest BCUT2D eigenvalue weighted by atomic mass is 9.74. The molecule has 2 saturated heterocycles. The van der Waals surface area contributed by atoms with Crippen LogP contribution in [0.3, 0.4) is 0 Å². The molecule has 0 aromatic carbocycles. The molecule has 5 heterocycles. The van der Waals surface area contributed by atoms with Crippen LogP contribution in [0.1, 0.15) is 48.8 Å². The summed E-state index contributed by atoms with van der Waals surface area (Å²) in [6.07, 6.45) is 1.71. The molecule has 2 fully saturated rings. The van der Waals surface area contributed by atoms with Gasteiger partial charge in [0.05, 0.1) is 6.54 Å². The van der Waals surface area contributed by atoms with Crippen LogP contribution >= 0.6 is 0 Å². The molecule has 10 heteroatoms. The molecule has 3 aliphatic rings. The number of pyridine rings is 1. The van der Waals surface area contributed by atoms with Gasteiger partial charge in [-0.15, -0.1) is 0 Å². The van der Waals surface area contributed by atoms with Gasteiger partial charge in [0.15, 0.2) is 5.76 Å². The van der Waals surface area contributed by atoms with Crippen molar-refractivity contribution < 1.29 is 23.8 Å². The SMILES string of the molecule is Cc1cc(=O)c(O)c(C2(CC(=O)NCC(=O)N3C[C@H]4C[C@@H](C3)c3cccc(=O)n3C4)CCOCC2)o1. The van der Waals surface area contributed by atoms with Crippen LogP contribution in [0.25, 0.3) is 0 Å². The molecule has 5 rings (SSSR count). The lowest BCUT2D eigenvalue weighted by Crippen LogP contribution is -2.51. The number of aryl methyl sites for hydroxylation is 1. The van der Waals surface area contributed by atoms with Gasteiger partial charge < -0.3 is 29.0 Å². The van der Waals surface area contributed by atoms with Crippen LogP contribution in [0, 0.1) is 12.8 Å². The molecule has 36 heavy (non-hydrogen) atoms. The van der Waals surface area contributed by atoms with E-state index < -0.39 is 16.6 Å². The highest BCUT2D eigenvalue weighted by Crippen LogP contribution is 2.41. The van der Waals surface area contributed by atoms with E-state index in [-0.39, 0.29) is 47.9 Å². The van der Waals surface area contributed by atoms with Gasteiger partial charge in [-0.1, -0.05) is 6.07 Å². The van der Waals surface area contributed by atoms with Gasteiger partial charge in [0, 0.05) is 68.4 Å². The summed E-state index contributed by atoms with van der Waals surface area (Å²) < 4.78 is 13.0. The quantitative estimate of drug-likeness (QED) is 0.630. The highest BCUT2D eigenvalue weighted by molar-refractivity contribution is 5.85. The molecule has 2 aromatic rings. The number of carbonyl (C=O) groups excluding carboxylic acids is 2. The fourth-order valence-electron chi connectivity index (χ4n) is 5.97. The number of piperidine rings is 1. The average molecular weight is 498 g/mol. The van der Waals surface area contributed by atoms with Crippen molar-refractivity contribution in [2.75, 3.05) is 32.8 Å². The summed E-state index contributed by atoms with van der Waals surface area (Å²) in [5, 5.41) is 13.2. The second-order valence-corrected chi connectivity index (χ2v) is 10.2. The zero-order chi connectivity index (χ0) is 25.4. The average Bonchev–Trinajstić information content (AvgIpc) is 2.86. The van der Waals surface area contributed by atoms with Crippen molar-refractivity contribution in [1.29, 1.82) is 0 Å². The van der Waals surface area contributed by atoms with Crippen LogP contribution in [0.4, 0.5) is 0 Å². The summed E-state index contributed by atoms with van der Waals surface area (Å²) in [5.41, 5.74) is -0.484. The molecule has 0 saturated carbocycles. The number of ether oxygens (including phenoxy) is 1. The molecule has 2 aromatic heterocycles. The summed E-state index contributed by atoms with van der Waals surface area (Å²) in [6, 6.07) is 6.49. The predicted molar refractivity (Wildman–Crippen MR) is 129 cm³/mol. The Morgan fingerprint density at radius 2 is 1.94 bits per heavy atom. The Kier molecular flexibility index (Phi) is 6.46. The van der Waals surface area contributed by atoms with Gasteiger partial charge in [-0.25, -0.2) is 0 Å². The Labute approximate surface area is 207 Å².